The number of halogens is 3. The number of rotatable bonds is 2. The molecule has 1 aromatic carbocycles. The van der Waals surface area contributed by atoms with Gasteiger partial charge in [0.1, 0.15) is 5.75 Å². The number of carbonyl (C=O) groups excluding carboxylic acids is 1. The van der Waals surface area contributed by atoms with E-state index in [0.29, 0.717) is 0 Å². The summed E-state index contributed by atoms with van der Waals surface area (Å²) in [4.78, 5) is 11.3. The lowest BCUT2D eigenvalue weighted by Gasteiger charge is -2.04. The number of carbonyl (C=O) groups is 1. The molecule has 0 aromatic heterocycles. The molecule has 2 nitrogen and oxygen atoms in total. The maximum Gasteiger partial charge on any atom is 0.558 e. The number of para-hydroxylation sites is 1. The van der Waals surface area contributed by atoms with E-state index < -0.39 is 12.8 Å². The smallest absolute Gasteiger partial charge is 0.496 e. The second-order valence-corrected chi connectivity index (χ2v) is 2.87. The van der Waals surface area contributed by atoms with Crippen molar-refractivity contribution in [3.05, 3.63) is 29.8 Å². The fraction of sp³-hybridized carbons (Fsp3) is 0.100. The standard InChI is InChI=1S/C10H7BF3O2/c1-16-10-5-3-2-4-8(10)9(15)6-7-11(12,13)14/h2-5H,1H3/q-1. The fourth-order valence-corrected chi connectivity index (χ4v) is 1.05. The average molecular weight is 227 g/mol. The summed E-state index contributed by atoms with van der Waals surface area (Å²) in [5.74, 6) is 1.83. The monoisotopic (exact) mass is 227 g/mol. The normalized spacial score (nSPS) is 10.2. The minimum absolute atomic E-state index is 0.0255. The summed E-state index contributed by atoms with van der Waals surface area (Å²) in [7, 11) is 1.33. The van der Waals surface area contributed by atoms with E-state index in [2.05, 4.69) is 0 Å². The molecule has 0 N–H and O–H groups in total. The first-order chi connectivity index (χ1) is 7.44. The van der Waals surface area contributed by atoms with E-state index in [4.69, 9.17) is 4.74 Å². The van der Waals surface area contributed by atoms with Gasteiger partial charge in [-0.05, 0) is 12.1 Å². The highest BCUT2D eigenvalue weighted by atomic mass is 19.4. The van der Waals surface area contributed by atoms with Gasteiger partial charge in [0.05, 0.1) is 12.7 Å². The van der Waals surface area contributed by atoms with E-state index in [1.54, 1.807) is 12.0 Å². The van der Waals surface area contributed by atoms with Crippen LogP contribution in [0.3, 0.4) is 0 Å². The molecule has 0 radical (unpaired) electrons. The Hall–Kier alpha value is -1.90. The second-order valence-electron chi connectivity index (χ2n) is 2.87. The highest BCUT2D eigenvalue weighted by Gasteiger charge is 2.19. The van der Waals surface area contributed by atoms with Crippen molar-refractivity contribution in [3.63, 3.8) is 0 Å². The van der Waals surface area contributed by atoms with Crippen molar-refractivity contribution in [2.75, 3.05) is 7.11 Å². The predicted molar refractivity (Wildman–Crippen MR) is 54.2 cm³/mol. The first-order valence-electron chi connectivity index (χ1n) is 4.34. The van der Waals surface area contributed by atoms with Crippen LogP contribution in [0.2, 0.25) is 0 Å². The van der Waals surface area contributed by atoms with Crippen LogP contribution >= 0.6 is 0 Å². The first-order valence-corrected chi connectivity index (χ1v) is 4.34. The Balaban J connectivity index is 3.00. The molecule has 0 saturated heterocycles. The maximum absolute atomic E-state index is 11.8. The molecule has 0 unspecified atom stereocenters. The minimum Gasteiger partial charge on any atom is -0.496 e. The maximum atomic E-state index is 11.8. The van der Waals surface area contributed by atoms with Gasteiger partial charge in [0, 0.05) is 0 Å². The second kappa shape index (κ2) is 4.75. The van der Waals surface area contributed by atoms with E-state index >= 15 is 0 Å². The van der Waals surface area contributed by atoms with Crippen LogP contribution in [0.15, 0.2) is 24.3 Å². The van der Waals surface area contributed by atoms with Gasteiger partial charge in [0.15, 0.2) is 0 Å². The summed E-state index contributed by atoms with van der Waals surface area (Å²) < 4.78 is 40.3. The van der Waals surface area contributed by atoms with Crippen molar-refractivity contribution >= 4 is 12.8 Å². The molecule has 0 aliphatic rings. The van der Waals surface area contributed by atoms with Crippen LogP contribution < -0.4 is 4.74 Å². The van der Waals surface area contributed by atoms with Gasteiger partial charge in [-0.25, -0.2) is 0 Å². The molecular weight excluding hydrogens is 220 g/mol. The van der Waals surface area contributed by atoms with Crippen LogP contribution in [0.5, 0.6) is 5.75 Å². The molecule has 0 amide bonds. The molecule has 0 atom stereocenters. The third kappa shape index (κ3) is 3.35. The van der Waals surface area contributed by atoms with Crippen molar-refractivity contribution in [1.29, 1.82) is 0 Å². The molecule has 0 heterocycles. The Morgan fingerprint density at radius 3 is 2.50 bits per heavy atom. The summed E-state index contributed by atoms with van der Waals surface area (Å²) in [5.41, 5.74) is 0.0255. The Morgan fingerprint density at radius 1 is 1.31 bits per heavy atom. The molecule has 6 heteroatoms. The number of Topliss-reactive ketones (excluding diaryl/α,β-unsaturated/α-hetero) is 1. The number of ketones is 1. The zero-order chi connectivity index (χ0) is 12.2. The van der Waals surface area contributed by atoms with Crippen molar-refractivity contribution < 1.29 is 22.5 Å². The van der Waals surface area contributed by atoms with Crippen LogP contribution in [0.4, 0.5) is 12.9 Å². The molecule has 0 spiro atoms. The first kappa shape index (κ1) is 12.2. The van der Waals surface area contributed by atoms with Crippen LogP contribution in [-0.2, 0) is 0 Å². The average Bonchev–Trinajstić information content (AvgIpc) is 2.25. The zero-order valence-corrected chi connectivity index (χ0v) is 8.34. The molecule has 0 aliphatic carbocycles. The molecule has 84 valence electrons. The third-order valence-corrected chi connectivity index (χ3v) is 1.70. The molecular formula is C10H7BF3O2-. The van der Waals surface area contributed by atoms with Gasteiger partial charge in [0.2, 0.25) is 5.78 Å². The van der Waals surface area contributed by atoms with Crippen molar-refractivity contribution in [3.8, 4) is 17.5 Å². The van der Waals surface area contributed by atoms with Gasteiger partial charge in [-0.2, -0.15) is 5.82 Å². The third-order valence-electron chi connectivity index (χ3n) is 1.70. The number of ether oxygens (including phenoxy) is 1. The molecule has 0 fully saturated rings. The quantitative estimate of drug-likeness (QED) is 0.440. The topological polar surface area (TPSA) is 26.3 Å². The zero-order valence-electron chi connectivity index (χ0n) is 8.34. The van der Waals surface area contributed by atoms with E-state index in [9.17, 15) is 17.7 Å². The molecule has 0 saturated carbocycles. The van der Waals surface area contributed by atoms with Crippen molar-refractivity contribution in [2.24, 2.45) is 0 Å². The minimum atomic E-state index is -5.27. The Labute approximate surface area is 90.5 Å². The van der Waals surface area contributed by atoms with Crippen molar-refractivity contribution in [1.82, 2.24) is 0 Å². The summed E-state index contributed by atoms with van der Waals surface area (Å²) in [6.45, 7) is -5.27. The van der Waals surface area contributed by atoms with E-state index in [0.717, 1.165) is 5.82 Å². The molecule has 1 rings (SSSR count). The van der Waals surface area contributed by atoms with Crippen molar-refractivity contribution in [2.45, 2.75) is 0 Å². The number of hydrogen-bond acceptors (Lipinski definition) is 2. The molecule has 1 aromatic rings. The number of hydrogen-bond donors (Lipinski definition) is 0. The summed E-state index contributed by atoms with van der Waals surface area (Å²) in [6.07, 6.45) is 0. The Morgan fingerprint density at radius 2 is 1.94 bits per heavy atom. The molecule has 0 aliphatic heterocycles. The molecule has 16 heavy (non-hydrogen) atoms. The SMILES string of the molecule is COc1ccccc1C(=O)C#C[B-](F)(F)F. The Bertz CT molecular complexity index is 457. The number of benzene rings is 1. The van der Waals surface area contributed by atoms with Gasteiger partial charge >= 0.3 is 6.98 Å². The van der Waals surface area contributed by atoms with Crippen LogP contribution in [0, 0.1) is 11.7 Å². The van der Waals surface area contributed by atoms with Crippen LogP contribution in [0.1, 0.15) is 10.4 Å². The van der Waals surface area contributed by atoms with Gasteiger partial charge in [0.25, 0.3) is 0 Å². The van der Waals surface area contributed by atoms with Crippen LogP contribution in [-0.4, -0.2) is 19.9 Å². The van der Waals surface area contributed by atoms with E-state index in [1.807, 2.05) is 0 Å². The summed E-state index contributed by atoms with van der Waals surface area (Å²) in [6, 6.07) is 5.97. The Kier molecular flexibility index (Phi) is 3.62. The van der Waals surface area contributed by atoms with Gasteiger partial charge in [-0.3, -0.25) is 4.79 Å². The number of methoxy groups -OCH3 is 1. The highest BCUT2D eigenvalue weighted by Crippen LogP contribution is 2.17. The van der Waals surface area contributed by atoms with Gasteiger partial charge in [-0.1, -0.05) is 18.1 Å². The summed E-state index contributed by atoms with van der Waals surface area (Å²) in [5, 5.41) is 0. The largest absolute Gasteiger partial charge is 0.558 e. The highest BCUT2D eigenvalue weighted by molar-refractivity contribution is 6.68. The van der Waals surface area contributed by atoms with Gasteiger partial charge in [-0.15, -0.1) is 0 Å². The van der Waals surface area contributed by atoms with Crippen LogP contribution in [0.25, 0.3) is 0 Å². The fourth-order valence-electron chi connectivity index (χ4n) is 1.05. The lowest BCUT2D eigenvalue weighted by molar-refractivity contribution is 0.105. The lowest BCUT2D eigenvalue weighted by atomic mass is 9.93. The lowest BCUT2D eigenvalue weighted by Crippen LogP contribution is -2.12. The van der Waals surface area contributed by atoms with E-state index in [1.165, 1.54) is 25.3 Å². The summed E-state index contributed by atoms with van der Waals surface area (Å²) >= 11 is 0. The van der Waals surface area contributed by atoms with E-state index in [-0.39, 0.29) is 11.3 Å². The van der Waals surface area contributed by atoms with Gasteiger partial charge < -0.3 is 17.7 Å². The molecule has 0 bridgehead atoms. The predicted octanol–water partition coefficient (Wildman–Crippen LogP) is 2.27.